The first-order valence-electron chi connectivity index (χ1n) is 9.04. The van der Waals surface area contributed by atoms with Crippen LogP contribution in [0.3, 0.4) is 0 Å². The fourth-order valence-electron chi connectivity index (χ4n) is 3.49. The van der Waals surface area contributed by atoms with E-state index >= 15 is 0 Å². The van der Waals surface area contributed by atoms with Crippen molar-refractivity contribution in [2.75, 3.05) is 32.7 Å². The van der Waals surface area contributed by atoms with E-state index in [1.165, 1.54) is 12.1 Å². The first-order chi connectivity index (χ1) is 13.1. The second-order valence-corrected chi connectivity index (χ2v) is 7.33. The second-order valence-electron chi connectivity index (χ2n) is 6.92. The van der Waals surface area contributed by atoms with Crippen molar-refractivity contribution in [2.45, 2.75) is 13.0 Å². The van der Waals surface area contributed by atoms with Gasteiger partial charge in [-0.1, -0.05) is 22.8 Å². The number of piperazine rings is 1. The molecule has 1 aliphatic rings. The molecule has 1 saturated heterocycles. The summed E-state index contributed by atoms with van der Waals surface area (Å²) in [7, 11) is 0. The first kappa shape index (κ1) is 18.2. The minimum absolute atomic E-state index is 0.119. The lowest BCUT2D eigenvalue weighted by molar-refractivity contribution is 0.128. The summed E-state index contributed by atoms with van der Waals surface area (Å²) >= 11 is 5.98. The molecule has 0 atom stereocenters. The number of rotatable bonds is 5. The second kappa shape index (κ2) is 7.84. The molecule has 0 bridgehead atoms. The molecule has 5 nitrogen and oxygen atoms in total. The van der Waals surface area contributed by atoms with Crippen LogP contribution in [0.25, 0.3) is 11.0 Å². The smallest absolute Gasteiger partial charge is 0.170 e. The van der Waals surface area contributed by atoms with E-state index < -0.39 is 0 Å². The number of hydrogen-bond acceptors (Lipinski definition) is 5. The minimum Gasteiger partial charge on any atom is -0.506 e. The van der Waals surface area contributed by atoms with E-state index in [0.717, 1.165) is 62.3 Å². The SMILES string of the molecule is Oc1ccc(CN2CCN(CCc3noc4cc(F)ccc34)CC2)cc1Cl. The summed E-state index contributed by atoms with van der Waals surface area (Å²) in [6, 6.07) is 9.92. The number of halogens is 2. The lowest BCUT2D eigenvalue weighted by atomic mass is 10.1. The van der Waals surface area contributed by atoms with E-state index in [4.69, 9.17) is 16.1 Å². The van der Waals surface area contributed by atoms with Crippen molar-refractivity contribution in [1.82, 2.24) is 15.0 Å². The van der Waals surface area contributed by atoms with Crippen molar-refractivity contribution in [3.8, 4) is 5.75 Å². The highest BCUT2D eigenvalue weighted by molar-refractivity contribution is 6.32. The summed E-state index contributed by atoms with van der Waals surface area (Å²) in [6.07, 6.45) is 0.784. The van der Waals surface area contributed by atoms with Gasteiger partial charge in [-0.25, -0.2) is 4.39 Å². The summed E-state index contributed by atoms with van der Waals surface area (Å²) in [5.74, 6) is -0.190. The molecule has 3 aromatic rings. The third-order valence-electron chi connectivity index (χ3n) is 5.06. The maximum Gasteiger partial charge on any atom is 0.170 e. The number of benzene rings is 2. The van der Waals surface area contributed by atoms with Gasteiger partial charge in [0.15, 0.2) is 5.58 Å². The lowest BCUT2D eigenvalue weighted by Crippen LogP contribution is -2.46. The van der Waals surface area contributed by atoms with Crippen LogP contribution in [0, 0.1) is 5.82 Å². The molecule has 7 heteroatoms. The van der Waals surface area contributed by atoms with Gasteiger partial charge in [0.1, 0.15) is 11.6 Å². The zero-order valence-electron chi connectivity index (χ0n) is 14.9. The minimum atomic E-state index is -0.309. The number of fused-ring (bicyclic) bond motifs is 1. The molecular formula is C20H21ClFN3O2. The largest absolute Gasteiger partial charge is 0.506 e. The monoisotopic (exact) mass is 389 g/mol. The van der Waals surface area contributed by atoms with Crippen molar-refractivity contribution in [3.05, 3.63) is 58.5 Å². The van der Waals surface area contributed by atoms with Gasteiger partial charge in [0.05, 0.1) is 10.7 Å². The third-order valence-corrected chi connectivity index (χ3v) is 5.36. The molecule has 1 aliphatic heterocycles. The highest BCUT2D eigenvalue weighted by Crippen LogP contribution is 2.24. The first-order valence-corrected chi connectivity index (χ1v) is 9.42. The van der Waals surface area contributed by atoms with Crippen molar-refractivity contribution >= 4 is 22.6 Å². The summed E-state index contributed by atoms with van der Waals surface area (Å²) in [4.78, 5) is 4.79. The molecule has 2 aromatic carbocycles. The number of phenolic OH excluding ortho intramolecular Hbond substituents is 1. The van der Waals surface area contributed by atoms with Crippen molar-refractivity contribution < 1.29 is 14.0 Å². The van der Waals surface area contributed by atoms with Crippen LogP contribution in [0.2, 0.25) is 5.02 Å². The topological polar surface area (TPSA) is 52.7 Å². The van der Waals surface area contributed by atoms with Gasteiger partial charge < -0.3 is 14.5 Å². The molecular weight excluding hydrogens is 369 g/mol. The zero-order chi connectivity index (χ0) is 18.8. The number of aromatic hydroxyl groups is 1. The standard InChI is InChI=1S/C20H21ClFN3O2/c21-17-11-14(1-4-19(17)26)13-25-9-7-24(8-10-25)6-5-18-16-3-2-15(22)12-20(16)27-23-18/h1-4,11-12,26H,5-10,13H2. The number of hydrogen-bond donors (Lipinski definition) is 1. The molecule has 1 aromatic heterocycles. The maximum atomic E-state index is 13.2. The van der Waals surface area contributed by atoms with Gasteiger partial charge in [-0.3, -0.25) is 4.90 Å². The molecule has 0 radical (unpaired) electrons. The molecule has 1 N–H and O–H groups in total. The molecule has 4 rings (SSSR count). The van der Waals surface area contributed by atoms with Crippen LogP contribution < -0.4 is 0 Å². The van der Waals surface area contributed by atoms with Gasteiger partial charge in [-0.2, -0.15) is 0 Å². The van der Waals surface area contributed by atoms with E-state index in [-0.39, 0.29) is 11.6 Å². The van der Waals surface area contributed by atoms with Gasteiger partial charge in [0, 0.05) is 57.1 Å². The molecule has 0 aliphatic carbocycles. The number of nitrogens with zero attached hydrogens (tertiary/aromatic N) is 3. The van der Waals surface area contributed by atoms with Gasteiger partial charge >= 0.3 is 0 Å². The van der Waals surface area contributed by atoms with Crippen LogP contribution in [0.4, 0.5) is 4.39 Å². The van der Waals surface area contributed by atoms with Gasteiger partial charge in [-0.05, 0) is 29.8 Å². The van der Waals surface area contributed by atoms with E-state index in [1.807, 2.05) is 12.1 Å². The van der Waals surface area contributed by atoms with Crippen LogP contribution in [-0.2, 0) is 13.0 Å². The Morgan fingerprint density at radius 1 is 1.07 bits per heavy atom. The molecule has 2 heterocycles. The summed E-state index contributed by atoms with van der Waals surface area (Å²) < 4.78 is 18.5. The van der Waals surface area contributed by atoms with E-state index in [2.05, 4.69) is 15.0 Å². The Hall–Kier alpha value is -2.15. The zero-order valence-corrected chi connectivity index (χ0v) is 15.6. The quantitative estimate of drug-likeness (QED) is 0.721. The Kier molecular flexibility index (Phi) is 5.29. The van der Waals surface area contributed by atoms with Gasteiger partial charge in [0.2, 0.25) is 0 Å². The predicted molar refractivity (Wildman–Crippen MR) is 103 cm³/mol. The molecule has 142 valence electrons. The summed E-state index contributed by atoms with van der Waals surface area (Å²) in [5.41, 5.74) is 2.49. The van der Waals surface area contributed by atoms with Crippen LogP contribution in [-0.4, -0.2) is 52.8 Å². The van der Waals surface area contributed by atoms with E-state index in [9.17, 15) is 9.50 Å². The van der Waals surface area contributed by atoms with Crippen LogP contribution in [0.5, 0.6) is 5.75 Å². The maximum absolute atomic E-state index is 13.2. The Balaban J connectivity index is 1.28. The average Bonchev–Trinajstić information content (AvgIpc) is 3.06. The summed E-state index contributed by atoms with van der Waals surface area (Å²) in [6.45, 7) is 5.64. The van der Waals surface area contributed by atoms with Crippen LogP contribution in [0.15, 0.2) is 40.9 Å². The Morgan fingerprint density at radius 2 is 1.85 bits per heavy atom. The molecule has 0 spiro atoms. The van der Waals surface area contributed by atoms with Crippen molar-refractivity contribution in [1.29, 1.82) is 0 Å². The Bertz CT molecular complexity index is 938. The molecule has 0 saturated carbocycles. The van der Waals surface area contributed by atoms with Crippen LogP contribution in [0.1, 0.15) is 11.3 Å². The number of aromatic nitrogens is 1. The van der Waals surface area contributed by atoms with E-state index in [1.54, 1.807) is 12.1 Å². The normalized spacial score (nSPS) is 16.2. The van der Waals surface area contributed by atoms with Gasteiger partial charge in [-0.15, -0.1) is 0 Å². The number of phenols is 1. The predicted octanol–water partition coefficient (Wildman–Crippen LogP) is 3.69. The van der Waals surface area contributed by atoms with Crippen LogP contribution >= 0.6 is 11.6 Å². The molecule has 1 fully saturated rings. The summed E-state index contributed by atoms with van der Waals surface area (Å²) in [5, 5.41) is 14.9. The fraction of sp³-hybridized carbons (Fsp3) is 0.350. The molecule has 27 heavy (non-hydrogen) atoms. The third kappa shape index (κ3) is 4.24. The van der Waals surface area contributed by atoms with Gasteiger partial charge in [0.25, 0.3) is 0 Å². The highest BCUT2D eigenvalue weighted by atomic mass is 35.5. The molecule has 0 unspecified atom stereocenters. The lowest BCUT2D eigenvalue weighted by Gasteiger charge is -2.34. The van der Waals surface area contributed by atoms with Crippen molar-refractivity contribution in [2.24, 2.45) is 0 Å². The average molecular weight is 390 g/mol. The fourth-order valence-corrected chi connectivity index (χ4v) is 3.69. The Morgan fingerprint density at radius 3 is 2.63 bits per heavy atom. The van der Waals surface area contributed by atoms with Crippen molar-refractivity contribution in [3.63, 3.8) is 0 Å². The highest BCUT2D eigenvalue weighted by Gasteiger charge is 2.18. The Labute approximate surface area is 161 Å². The molecule has 0 amide bonds. The van der Waals surface area contributed by atoms with E-state index in [0.29, 0.717) is 10.6 Å².